The lowest BCUT2D eigenvalue weighted by molar-refractivity contribution is -0.114. The van der Waals surface area contributed by atoms with Gasteiger partial charge in [-0.05, 0) is 52.4 Å². The lowest BCUT2D eigenvalue weighted by Gasteiger charge is -2.07. The lowest BCUT2D eigenvalue weighted by atomic mass is 10.2. The van der Waals surface area contributed by atoms with Gasteiger partial charge in [0.25, 0.3) is 0 Å². The fourth-order valence-electron chi connectivity index (χ4n) is 2.66. The van der Waals surface area contributed by atoms with E-state index in [2.05, 4.69) is 38.1 Å². The van der Waals surface area contributed by atoms with Gasteiger partial charge in [-0.3, -0.25) is 4.79 Å². The molecular weight excluding hydrogens is 374 g/mol. The van der Waals surface area contributed by atoms with Crippen LogP contribution in [0.25, 0.3) is 11.4 Å². The van der Waals surface area contributed by atoms with E-state index < -0.39 is 0 Å². The van der Waals surface area contributed by atoms with Gasteiger partial charge in [0.15, 0.2) is 0 Å². The number of aromatic nitrogens is 6. The zero-order valence-corrected chi connectivity index (χ0v) is 15.9. The Balaban J connectivity index is 1.47. The fourth-order valence-corrected chi connectivity index (χ4v) is 3.51. The molecule has 9 heteroatoms. The molecule has 28 heavy (non-hydrogen) atoms. The highest BCUT2D eigenvalue weighted by atomic mass is 32.2. The molecule has 2 aromatic heterocycles. The normalized spacial score (nSPS) is 10.8. The van der Waals surface area contributed by atoms with Crippen LogP contribution in [0.4, 0.5) is 5.69 Å². The minimum absolute atomic E-state index is 0.123. The van der Waals surface area contributed by atoms with Gasteiger partial charge in [-0.1, -0.05) is 30.0 Å². The van der Waals surface area contributed by atoms with Crippen molar-refractivity contribution in [1.29, 1.82) is 0 Å². The Bertz CT molecular complexity index is 1070. The summed E-state index contributed by atoms with van der Waals surface area (Å²) >= 11 is 1.54. The smallest absolute Gasteiger partial charge is 0.221 e. The maximum Gasteiger partial charge on any atom is 0.221 e. The van der Waals surface area contributed by atoms with Crippen LogP contribution in [0.1, 0.15) is 12.5 Å². The van der Waals surface area contributed by atoms with Crippen molar-refractivity contribution >= 4 is 23.4 Å². The van der Waals surface area contributed by atoms with Crippen LogP contribution in [0.5, 0.6) is 0 Å². The molecule has 0 spiro atoms. The first kappa shape index (κ1) is 17.9. The molecule has 4 rings (SSSR count). The van der Waals surface area contributed by atoms with Gasteiger partial charge in [0.1, 0.15) is 0 Å². The van der Waals surface area contributed by atoms with Crippen LogP contribution >= 0.6 is 11.8 Å². The van der Waals surface area contributed by atoms with Gasteiger partial charge in [0, 0.05) is 30.8 Å². The van der Waals surface area contributed by atoms with Crippen molar-refractivity contribution in [1.82, 2.24) is 30.0 Å². The number of amides is 1. The Morgan fingerprint density at radius 1 is 1.11 bits per heavy atom. The predicted molar refractivity (Wildman–Crippen MR) is 107 cm³/mol. The highest BCUT2D eigenvalue weighted by Crippen LogP contribution is 2.24. The highest BCUT2D eigenvalue weighted by molar-refractivity contribution is 7.98. The van der Waals surface area contributed by atoms with Crippen molar-refractivity contribution in [3.05, 3.63) is 72.6 Å². The standard InChI is InChI=1S/C19H17N7OS/c1-14(27)21-16-4-2-5-18(12-16)26-19(22-23-24-26)28-13-15-6-8-17(9-7-15)25-11-3-10-20-25/h2-12H,13H2,1H3,(H,21,27). The SMILES string of the molecule is CC(=O)Nc1cccc(-n2nnnc2SCc2ccc(-n3cccn3)cc2)c1. The Labute approximate surface area is 165 Å². The third kappa shape index (κ3) is 4.09. The Hall–Kier alpha value is -3.46. The molecule has 0 saturated carbocycles. The summed E-state index contributed by atoms with van der Waals surface area (Å²) in [6.45, 7) is 1.47. The third-order valence-corrected chi connectivity index (χ3v) is 4.92. The van der Waals surface area contributed by atoms with E-state index in [1.165, 1.54) is 6.92 Å². The van der Waals surface area contributed by atoms with E-state index in [4.69, 9.17) is 0 Å². The van der Waals surface area contributed by atoms with Crippen LogP contribution in [0.15, 0.2) is 72.1 Å². The Morgan fingerprint density at radius 2 is 1.96 bits per heavy atom. The van der Waals surface area contributed by atoms with Crippen LogP contribution in [0.3, 0.4) is 0 Å². The largest absolute Gasteiger partial charge is 0.326 e. The summed E-state index contributed by atoms with van der Waals surface area (Å²) in [5.74, 6) is 0.604. The molecule has 2 aromatic carbocycles. The maximum absolute atomic E-state index is 11.3. The molecule has 0 aliphatic rings. The van der Waals surface area contributed by atoms with E-state index in [1.54, 1.807) is 22.6 Å². The highest BCUT2D eigenvalue weighted by Gasteiger charge is 2.10. The van der Waals surface area contributed by atoms with Crippen molar-refractivity contribution < 1.29 is 4.79 Å². The van der Waals surface area contributed by atoms with Crippen LogP contribution in [0.2, 0.25) is 0 Å². The van der Waals surface area contributed by atoms with Crippen molar-refractivity contribution in [2.75, 3.05) is 5.32 Å². The fraction of sp³-hybridized carbons (Fsp3) is 0.105. The number of rotatable bonds is 6. The lowest BCUT2D eigenvalue weighted by Crippen LogP contribution is -2.07. The summed E-state index contributed by atoms with van der Waals surface area (Å²) in [6, 6.07) is 17.5. The summed E-state index contributed by atoms with van der Waals surface area (Å²) < 4.78 is 3.48. The molecule has 1 N–H and O–H groups in total. The monoisotopic (exact) mass is 391 g/mol. The molecule has 8 nitrogen and oxygen atoms in total. The molecule has 0 fully saturated rings. The van der Waals surface area contributed by atoms with Gasteiger partial charge in [0.05, 0.1) is 11.4 Å². The number of hydrogen-bond acceptors (Lipinski definition) is 6. The second-order valence-electron chi connectivity index (χ2n) is 6.01. The van der Waals surface area contributed by atoms with Crippen molar-refractivity contribution in [2.45, 2.75) is 17.8 Å². The van der Waals surface area contributed by atoms with E-state index >= 15 is 0 Å². The number of anilines is 1. The number of benzene rings is 2. The molecule has 0 radical (unpaired) electrons. The number of carbonyl (C=O) groups is 1. The van der Waals surface area contributed by atoms with Crippen LogP contribution in [-0.4, -0.2) is 35.9 Å². The molecule has 0 atom stereocenters. The zero-order valence-electron chi connectivity index (χ0n) is 15.1. The van der Waals surface area contributed by atoms with E-state index in [0.29, 0.717) is 10.8 Å². The summed E-state index contributed by atoms with van der Waals surface area (Å²) in [7, 11) is 0. The van der Waals surface area contributed by atoms with E-state index in [1.807, 2.05) is 53.3 Å². The van der Waals surface area contributed by atoms with Gasteiger partial charge in [-0.2, -0.15) is 9.78 Å². The van der Waals surface area contributed by atoms with Gasteiger partial charge in [0.2, 0.25) is 11.1 Å². The minimum Gasteiger partial charge on any atom is -0.326 e. The average molecular weight is 391 g/mol. The van der Waals surface area contributed by atoms with Crippen molar-refractivity contribution in [2.24, 2.45) is 0 Å². The molecule has 0 aliphatic carbocycles. The first-order valence-corrected chi connectivity index (χ1v) is 9.56. The van der Waals surface area contributed by atoms with Gasteiger partial charge < -0.3 is 5.32 Å². The second-order valence-corrected chi connectivity index (χ2v) is 6.95. The quantitative estimate of drug-likeness (QED) is 0.508. The number of carbonyl (C=O) groups excluding carboxylic acids is 1. The van der Waals surface area contributed by atoms with Crippen molar-refractivity contribution in [3.8, 4) is 11.4 Å². The molecule has 1 amide bonds. The molecule has 140 valence electrons. The molecule has 2 heterocycles. The van der Waals surface area contributed by atoms with E-state index in [-0.39, 0.29) is 5.91 Å². The number of nitrogens with one attached hydrogen (secondary N) is 1. The Morgan fingerprint density at radius 3 is 2.71 bits per heavy atom. The van der Waals surface area contributed by atoms with Crippen molar-refractivity contribution in [3.63, 3.8) is 0 Å². The van der Waals surface area contributed by atoms with Gasteiger partial charge >= 0.3 is 0 Å². The molecule has 4 aromatic rings. The van der Waals surface area contributed by atoms with E-state index in [0.717, 1.165) is 22.7 Å². The summed E-state index contributed by atoms with van der Waals surface area (Å²) in [6.07, 6.45) is 3.66. The predicted octanol–water partition coefficient (Wildman–Crippen LogP) is 3.10. The first-order chi connectivity index (χ1) is 13.7. The molecule has 0 bridgehead atoms. The van der Waals surface area contributed by atoms with Gasteiger partial charge in [-0.15, -0.1) is 5.10 Å². The second kappa shape index (κ2) is 8.05. The summed E-state index contributed by atoms with van der Waals surface area (Å²) in [5.41, 5.74) is 3.65. The third-order valence-electron chi connectivity index (χ3n) is 3.93. The van der Waals surface area contributed by atoms with Crippen LogP contribution in [0, 0.1) is 0 Å². The zero-order chi connectivity index (χ0) is 19.3. The number of thioether (sulfide) groups is 1. The van der Waals surface area contributed by atoms with Gasteiger partial charge in [-0.25, -0.2) is 4.68 Å². The molecular formula is C19H17N7OS. The summed E-state index contributed by atoms with van der Waals surface area (Å²) in [5, 5.41) is 19.7. The number of tetrazole rings is 1. The summed E-state index contributed by atoms with van der Waals surface area (Å²) in [4.78, 5) is 11.3. The van der Waals surface area contributed by atoms with E-state index in [9.17, 15) is 4.79 Å². The first-order valence-electron chi connectivity index (χ1n) is 8.57. The number of hydrogen-bond donors (Lipinski definition) is 1. The molecule has 0 aliphatic heterocycles. The van der Waals surface area contributed by atoms with Crippen LogP contribution in [-0.2, 0) is 10.5 Å². The number of nitrogens with zero attached hydrogens (tertiary/aromatic N) is 6. The topological polar surface area (TPSA) is 90.5 Å². The van der Waals surface area contributed by atoms with Crippen LogP contribution < -0.4 is 5.32 Å². The average Bonchev–Trinajstić information content (AvgIpc) is 3.38. The minimum atomic E-state index is -0.123. The molecule has 0 unspecified atom stereocenters. The molecule has 0 saturated heterocycles. The maximum atomic E-state index is 11.3. The Kier molecular flexibility index (Phi) is 5.16.